The first kappa shape index (κ1) is 17.5. The van der Waals surface area contributed by atoms with Gasteiger partial charge in [-0.3, -0.25) is 14.4 Å². The van der Waals surface area contributed by atoms with E-state index in [0.717, 1.165) is 0 Å². The van der Waals surface area contributed by atoms with Gasteiger partial charge in [0.2, 0.25) is 5.91 Å². The number of ether oxygens (including phenoxy) is 2. The molecule has 0 aromatic heterocycles. The molecule has 0 bridgehead atoms. The number of carbonyl (C=O) groups is 3. The average molecular weight is 308 g/mol. The monoisotopic (exact) mass is 308 g/mol. The molecule has 2 N–H and O–H groups in total. The van der Waals surface area contributed by atoms with Crippen LogP contribution in [0.15, 0.2) is 18.2 Å². The van der Waals surface area contributed by atoms with Crippen molar-refractivity contribution in [3.05, 3.63) is 23.8 Å². The molecule has 0 aliphatic carbocycles. The number of nitrogens with one attached hydrogen (secondary N) is 2. The van der Waals surface area contributed by atoms with Gasteiger partial charge in [-0.2, -0.15) is 0 Å². The van der Waals surface area contributed by atoms with Gasteiger partial charge < -0.3 is 20.1 Å². The molecule has 120 valence electrons. The fourth-order valence-corrected chi connectivity index (χ4v) is 1.62. The third kappa shape index (κ3) is 5.82. The van der Waals surface area contributed by atoms with E-state index in [4.69, 9.17) is 9.47 Å². The predicted octanol–water partition coefficient (Wildman–Crippen LogP) is 0.527. The molecule has 1 aromatic rings. The van der Waals surface area contributed by atoms with Gasteiger partial charge >= 0.3 is 0 Å². The average Bonchev–Trinajstić information content (AvgIpc) is 2.50. The van der Waals surface area contributed by atoms with Crippen LogP contribution in [0.3, 0.4) is 0 Å². The minimum atomic E-state index is -0.452. The van der Waals surface area contributed by atoms with Crippen LogP contribution < -0.4 is 20.1 Å². The molecule has 2 amide bonds. The Labute approximate surface area is 129 Å². The van der Waals surface area contributed by atoms with Crippen LogP contribution in [0, 0.1) is 0 Å². The second-order valence-corrected chi connectivity index (χ2v) is 4.81. The Kier molecular flexibility index (Phi) is 6.88. The Balaban J connectivity index is 2.47. The topological polar surface area (TPSA) is 93.7 Å². The van der Waals surface area contributed by atoms with Gasteiger partial charge in [-0.1, -0.05) is 0 Å². The van der Waals surface area contributed by atoms with Crippen LogP contribution in [-0.2, 0) is 9.59 Å². The summed E-state index contributed by atoms with van der Waals surface area (Å²) in [6.45, 7) is 3.24. The maximum absolute atomic E-state index is 11.6. The van der Waals surface area contributed by atoms with Crippen LogP contribution in [0.1, 0.15) is 24.2 Å². The summed E-state index contributed by atoms with van der Waals surface area (Å²) in [6.07, 6.45) is 0.617. The lowest BCUT2D eigenvalue weighted by atomic mass is 10.2. The van der Waals surface area contributed by atoms with Crippen molar-refractivity contribution in [1.82, 2.24) is 10.6 Å². The van der Waals surface area contributed by atoms with E-state index in [1.165, 1.54) is 13.2 Å². The van der Waals surface area contributed by atoms with Crippen LogP contribution in [0.4, 0.5) is 0 Å². The van der Waals surface area contributed by atoms with Crippen molar-refractivity contribution in [2.24, 2.45) is 0 Å². The van der Waals surface area contributed by atoms with E-state index in [0.29, 0.717) is 12.0 Å². The summed E-state index contributed by atoms with van der Waals surface area (Å²) in [7, 11) is 1.49. The Morgan fingerprint density at radius 2 is 2.00 bits per heavy atom. The van der Waals surface area contributed by atoms with Gasteiger partial charge in [0.1, 0.15) is 11.5 Å². The molecular formula is C15H20N2O5. The molecule has 0 aliphatic rings. The Morgan fingerprint density at radius 3 is 2.59 bits per heavy atom. The highest BCUT2D eigenvalue weighted by Crippen LogP contribution is 2.22. The summed E-state index contributed by atoms with van der Waals surface area (Å²) in [4.78, 5) is 33.9. The molecule has 0 fully saturated rings. The van der Waals surface area contributed by atoms with Crippen molar-refractivity contribution in [3.8, 4) is 11.5 Å². The van der Waals surface area contributed by atoms with Gasteiger partial charge in [0.15, 0.2) is 12.9 Å². The van der Waals surface area contributed by atoms with E-state index in [-0.39, 0.29) is 36.4 Å². The van der Waals surface area contributed by atoms with Gasteiger partial charge in [-0.25, -0.2) is 0 Å². The van der Waals surface area contributed by atoms with Crippen molar-refractivity contribution in [2.75, 3.05) is 20.3 Å². The van der Waals surface area contributed by atoms with Crippen molar-refractivity contribution >= 4 is 18.1 Å². The Bertz CT molecular complexity index is 543. The third-order valence-corrected chi connectivity index (χ3v) is 2.60. The first-order chi connectivity index (χ1) is 10.5. The maximum Gasteiger partial charge on any atom is 0.258 e. The fraction of sp³-hybridized carbons (Fsp3) is 0.400. The molecule has 0 heterocycles. The second kappa shape index (κ2) is 8.66. The minimum Gasteiger partial charge on any atom is -0.497 e. The lowest BCUT2D eigenvalue weighted by Crippen LogP contribution is -2.41. The van der Waals surface area contributed by atoms with Gasteiger partial charge in [-0.05, 0) is 32.0 Å². The van der Waals surface area contributed by atoms with E-state index in [9.17, 15) is 14.4 Å². The summed E-state index contributed by atoms with van der Waals surface area (Å²) in [5.41, 5.74) is 0.282. The molecule has 1 aromatic carbocycles. The highest BCUT2D eigenvalue weighted by molar-refractivity contribution is 5.85. The van der Waals surface area contributed by atoms with Crippen LogP contribution >= 0.6 is 0 Å². The van der Waals surface area contributed by atoms with E-state index in [1.54, 1.807) is 12.1 Å². The summed E-state index contributed by atoms with van der Waals surface area (Å²) in [5, 5.41) is 5.08. The maximum atomic E-state index is 11.6. The van der Waals surface area contributed by atoms with E-state index in [1.807, 2.05) is 13.8 Å². The SMILES string of the molecule is COc1ccc(OCC(=O)NCC(=O)NC(C)C)c(C=O)c1. The normalized spacial score (nSPS) is 10.0. The molecule has 1 rings (SSSR count). The summed E-state index contributed by atoms with van der Waals surface area (Å²) in [5.74, 6) is 0.0646. The number of methoxy groups -OCH3 is 1. The van der Waals surface area contributed by atoms with Crippen molar-refractivity contribution in [1.29, 1.82) is 0 Å². The van der Waals surface area contributed by atoms with Crippen molar-refractivity contribution in [2.45, 2.75) is 19.9 Å². The van der Waals surface area contributed by atoms with Crippen LogP contribution in [-0.4, -0.2) is 44.4 Å². The quantitative estimate of drug-likeness (QED) is 0.683. The molecule has 0 aliphatic heterocycles. The second-order valence-electron chi connectivity index (χ2n) is 4.81. The van der Waals surface area contributed by atoms with Crippen LogP contribution in [0.25, 0.3) is 0 Å². The van der Waals surface area contributed by atoms with Crippen LogP contribution in [0.5, 0.6) is 11.5 Å². The highest BCUT2D eigenvalue weighted by atomic mass is 16.5. The molecule has 7 heteroatoms. The van der Waals surface area contributed by atoms with Gasteiger partial charge in [0, 0.05) is 6.04 Å². The van der Waals surface area contributed by atoms with Gasteiger partial charge in [-0.15, -0.1) is 0 Å². The molecule has 0 radical (unpaired) electrons. The van der Waals surface area contributed by atoms with E-state index >= 15 is 0 Å². The van der Waals surface area contributed by atoms with Gasteiger partial charge in [0.25, 0.3) is 5.91 Å². The number of amides is 2. The largest absolute Gasteiger partial charge is 0.497 e. The lowest BCUT2D eigenvalue weighted by molar-refractivity contribution is -0.127. The molecular weight excluding hydrogens is 288 g/mol. The number of benzene rings is 1. The number of aldehydes is 1. The number of hydrogen-bond donors (Lipinski definition) is 2. The molecule has 0 spiro atoms. The lowest BCUT2D eigenvalue weighted by Gasteiger charge is -2.11. The third-order valence-electron chi connectivity index (χ3n) is 2.60. The Morgan fingerprint density at radius 1 is 1.27 bits per heavy atom. The summed E-state index contributed by atoms with van der Waals surface area (Å²) >= 11 is 0. The zero-order valence-corrected chi connectivity index (χ0v) is 12.8. The van der Waals surface area contributed by atoms with Crippen molar-refractivity contribution in [3.63, 3.8) is 0 Å². The number of carbonyl (C=O) groups excluding carboxylic acids is 3. The highest BCUT2D eigenvalue weighted by Gasteiger charge is 2.09. The smallest absolute Gasteiger partial charge is 0.258 e. The predicted molar refractivity (Wildman–Crippen MR) is 80.2 cm³/mol. The standard InChI is InChI=1S/C15H20N2O5/c1-10(2)17-14(19)7-16-15(20)9-22-13-5-4-12(21-3)6-11(13)8-18/h4-6,8,10H,7,9H2,1-3H3,(H,16,20)(H,17,19). The zero-order chi connectivity index (χ0) is 16.5. The van der Waals surface area contributed by atoms with E-state index in [2.05, 4.69) is 10.6 Å². The molecule has 0 unspecified atom stereocenters. The van der Waals surface area contributed by atoms with E-state index < -0.39 is 5.91 Å². The molecule has 0 saturated carbocycles. The first-order valence-corrected chi connectivity index (χ1v) is 6.78. The minimum absolute atomic E-state index is 0.00935. The van der Waals surface area contributed by atoms with Gasteiger partial charge in [0.05, 0.1) is 19.2 Å². The molecule has 22 heavy (non-hydrogen) atoms. The molecule has 7 nitrogen and oxygen atoms in total. The number of hydrogen-bond acceptors (Lipinski definition) is 5. The summed E-state index contributed by atoms with van der Waals surface area (Å²) < 4.78 is 10.3. The van der Waals surface area contributed by atoms with Crippen molar-refractivity contribution < 1.29 is 23.9 Å². The fourth-order valence-electron chi connectivity index (χ4n) is 1.62. The summed E-state index contributed by atoms with van der Waals surface area (Å²) in [6, 6.07) is 4.68. The number of rotatable bonds is 8. The van der Waals surface area contributed by atoms with Crippen LogP contribution in [0.2, 0.25) is 0 Å². The molecule has 0 atom stereocenters. The molecule has 0 saturated heterocycles. The zero-order valence-electron chi connectivity index (χ0n) is 12.8. The first-order valence-electron chi connectivity index (χ1n) is 6.78. The Hall–Kier alpha value is -2.57.